The van der Waals surface area contributed by atoms with Crippen LogP contribution in [0.25, 0.3) is 0 Å². The molecule has 0 unspecified atom stereocenters. The van der Waals surface area contributed by atoms with E-state index >= 15 is 0 Å². The monoisotopic (exact) mass is 464 g/mol. The van der Waals surface area contributed by atoms with Crippen LogP contribution in [0.2, 0.25) is 5.02 Å². The molecule has 5 N–H and O–H groups in total. The molecular weight excluding hydrogens is 444 g/mol. The van der Waals surface area contributed by atoms with Gasteiger partial charge in [0.15, 0.2) is 5.82 Å². The van der Waals surface area contributed by atoms with Crippen LogP contribution >= 0.6 is 11.6 Å². The van der Waals surface area contributed by atoms with Crippen LogP contribution < -0.4 is 21.1 Å². The van der Waals surface area contributed by atoms with Crippen LogP contribution in [-0.4, -0.2) is 40.3 Å². The highest BCUT2D eigenvalue weighted by Crippen LogP contribution is 2.22. The van der Waals surface area contributed by atoms with Crippen molar-refractivity contribution in [1.82, 2.24) is 24.5 Å². The number of sulfonamides is 1. The maximum absolute atomic E-state index is 11.3. The van der Waals surface area contributed by atoms with E-state index in [4.69, 9.17) is 17.3 Å². The van der Waals surface area contributed by atoms with Gasteiger partial charge < -0.3 is 16.4 Å². The van der Waals surface area contributed by atoms with Crippen molar-refractivity contribution in [2.24, 2.45) is 5.73 Å². The average Bonchev–Trinajstić information content (AvgIpc) is 3.12. The molecule has 164 valence electrons. The highest BCUT2D eigenvalue weighted by atomic mass is 35.5. The molecule has 0 bridgehead atoms. The zero-order chi connectivity index (χ0) is 22.4. The summed E-state index contributed by atoms with van der Waals surface area (Å²) in [5.41, 5.74) is 7.48. The number of rotatable bonds is 10. The molecule has 1 amide bonds. The Balaban J connectivity index is 1.64. The number of amides is 1. The fraction of sp³-hybridized carbons (Fsp3) is 0.222. The minimum absolute atomic E-state index is 0.0330. The molecule has 0 spiro atoms. The molecule has 13 heteroatoms. The van der Waals surface area contributed by atoms with Crippen molar-refractivity contribution in [2.75, 3.05) is 16.9 Å². The molecule has 0 aliphatic carbocycles. The second-order valence-electron chi connectivity index (χ2n) is 6.67. The summed E-state index contributed by atoms with van der Waals surface area (Å²) in [5.74, 6) is 0.208. The summed E-state index contributed by atoms with van der Waals surface area (Å²) in [7, 11) is -3.27. The largest absolute Gasteiger partial charge is 0.368 e. The Morgan fingerprint density at radius 3 is 2.68 bits per heavy atom. The summed E-state index contributed by atoms with van der Waals surface area (Å²) in [4.78, 5) is 19.5. The predicted molar refractivity (Wildman–Crippen MR) is 117 cm³/mol. The molecule has 2 aromatic heterocycles. The molecule has 0 atom stereocenters. The highest BCUT2D eigenvalue weighted by Gasteiger charge is 2.08. The summed E-state index contributed by atoms with van der Waals surface area (Å²) in [6, 6.07) is 7.46. The number of nitrogens with one attached hydrogen (secondary N) is 3. The number of hydrogen-bond acceptors (Lipinski definition) is 8. The van der Waals surface area contributed by atoms with Crippen molar-refractivity contribution in [2.45, 2.75) is 19.6 Å². The lowest BCUT2D eigenvalue weighted by Crippen LogP contribution is -2.21. The van der Waals surface area contributed by atoms with Gasteiger partial charge in [-0.15, -0.1) is 0 Å². The normalized spacial score (nSPS) is 11.3. The molecule has 11 nitrogen and oxygen atoms in total. The maximum atomic E-state index is 11.3. The second kappa shape index (κ2) is 9.73. The summed E-state index contributed by atoms with van der Waals surface area (Å²) in [6.45, 7) is 0.590. The van der Waals surface area contributed by atoms with Crippen molar-refractivity contribution in [1.29, 1.82) is 0 Å². The van der Waals surface area contributed by atoms with E-state index < -0.39 is 15.9 Å². The van der Waals surface area contributed by atoms with E-state index in [-0.39, 0.29) is 19.0 Å². The Labute approximate surface area is 184 Å². The van der Waals surface area contributed by atoms with Gasteiger partial charge in [-0.3, -0.25) is 9.48 Å². The maximum Gasteiger partial charge on any atom is 0.239 e. The smallest absolute Gasteiger partial charge is 0.239 e. The third-order valence-corrected chi connectivity index (χ3v) is 4.89. The van der Waals surface area contributed by atoms with E-state index in [0.29, 0.717) is 23.1 Å². The van der Waals surface area contributed by atoms with Crippen LogP contribution in [-0.2, 0) is 34.5 Å². The van der Waals surface area contributed by atoms with Crippen LogP contribution in [0.15, 0.2) is 42.9 Å². The first kappa shape index (κ1) is 22.5. The molecule has 0 aliphatic rings. The van der Waals surface area contributed by atoms with Gasteiger partial charge in [-0.25, -0.2) is 18.1 Å². The lowest BCUT2D eigenvalue weighted by atomic mass is 10.1. The summed E-state index contributed by atoms with van der Waals surface area (Å²) < 4.78 is 26.4. The topological polar surface area (TPSA) is 157 Å². The Morgan fingerprint density at radius 1 is 1.23 bits per heavy atom. The van der Waals surface area contributed by atoms with Gasteiger partial charge in [-0.1, -0.05) is 35.9 Å². The van der Waals surface area contributed by atoms with Crippen molar-refractivity contribution in [3.63, 3.8) is 0 Å². The average molecular weight is 465 g/mol. The van der Waals surface area contributed by atoms with E-state index in [1.807, 2.05) is 24.3 Å². The lowest BCUT2D eigenvalue weighted by molar-refractivity contribution is -0.118. The molecule has 0 aliphatic heterocycles. The first-order chi connectivity index (χ1) is 14.7. The van der Waals surface area contributed by atoms with E-state index in [9.17, 15) is 13.2 Å². The van der Waals surface area contributed by atoms with E-state index in [1.54, 1.807) is 6.20 Å². The molecule has 3 rings (SSSR count). The molecule has 0 saturated carbocycles. The fourth-order valence-electron chi connectivity index (χ4n) is 2.60. The number of anilines is 3. The zero-order valence-corrected chi connectivity index (χ0v) is 18.1. The van der Waals surface area contributed by atoms with Crippen LogP contribution in [0.4, 0.5) is 17.5 Å². The number of halogens is 1. The Morgan fingerprint density at radius 2 is 1.97 bits per heavy atom. The van der Waals surface area contributed by atoms with Crippen molar-refractivity contribution < 1.29 is 13.2 Å². The van der Waals surface area contributed by atoms with Crippen molar-refractivity contribution in [3.8, 4) is 0 Å². The van der Waals surface area contributed by atoms with Gasteiger partial charge in [0.2, 0.25) is 21.9 Å². The predicted octanol–water partition coefficient (Wildman–Crippen LogP) is 1.22. The first-order valence-electron chi connectivity index (χ1n) is 9.04. The Hall–Kier alpha value is -3.22. The molecule has 2 heterocycles. The number of hydrogen-bond donors (Lipinski definition) is 4. The third kappa shape index (κ3) is 7.20. The van der Waals surface area contributed by atoms with Crippen LogP contribution in [0.1, 0.15) is 11.1 Å². The van der Waals surface area contributed by atoms with Gasteiger partial charge in [0.05, 0.1) is 24.3 Å². The zero-order valence-electron chi connectivity index (χ0n) is 16.5. The minimum Gasteiger partial charge on any atom is -0.368 e. The molecule has 0 saturated heterocycles. The summed E-state index contributed by atoms with van der Waals surface area (Å²) in [6.07, 6.45) is 5.69. The number of nitrogens with two attached hydrogens (primary N) is 1. The van der Waals surface area contributed by atoms with Gasteiger partial charge in [-0.05, 0) is 11.1 Å². The second-order valence-corrected chi connectivity index (χ2v) is 8.92. The lowest BCUT2D eigenvalue weighted by Gasteiger charge is -2.10. The van der Waals surface area contributed by atoms with Gasteiger partial charge in [-0.2, -0.15) is 10.1 Å². The Bertz CT molecular complexity index is 1180. The van der Waals surface area contributed by atoms with Gasteiger partial charge >= 0.3 is 0 Å². The highest BCUT2D eigenvalue weighted by molar-refractivity contribution is 7.88. The number of carbonyl (C=O) groups excluding carboxylic acids is 1. The molecule has 0 fully saturated rings. The van der Waals surface area contributed by atoms with Crippen molar-refractivity contribution >= 4 is 45.0 Å². The third-order valence-electron chi connectivity index (χ3n) is 3.94. The quantitative estimate of drug-likeness (QED) is 0.348. The standard InChI is InChI=1S/C18H21ClN8O3S/c1-31(29,30)24-7-13-4-2-3-12(5-13)6-21-17-15(19)9-22-18(26-17)25-14-8-23-27(10-14)11-16(20)28/h2-5,8-10,24H,6-7,11H2,1H3,(H2,20,28)(H2,21,22,25,26). The number of benzene rings is 1. The molecule has 1 aromatic carbocycles. The molecule has 0 radical (unpaired) electrons. The van der Waals surface area contributed by atoms with E-state index in [1.165, 1.54) is 17.1 Å². The molecule has 31 heavy (non-hydrogen) atoms. The van der Waals surface area contributed by atoms with Crippen LogP contribution in [0, 0.1) is 0 Å². The van der Waals surface area contributed by atoms with Gasteiger partial charge in [0, 0.05) is 19.3 Å². The molecular formula is C18H21ClN8O3S. The van der Waals surface area contributed by atoms with Gasteiger partial charge in [0.1, 0.15) is 11.6 Å². The summed E-state index contributed by atoms with van der Waals surface area (Å²) in [5, 5.41) is 10.5. The number of nitrogens with zero attached hydrogens (tertiary/aromatic N) is 4. The number of primary amides is 1. The Kier molecular flexibility index (Phi) is 7.05. The first-order valence-corrected chi connectivity index (χ1v) is 11.3. The number of aromatic nitrogens is 4. The fourth-order valence-corrected chi connectivity index (χ4v) is 3.19. The van der Waals surface area contributed by atoms with Crippen LogP contribution in [0.3, 0.4) is 0 Å². The SMILES string of the molecule is CS(=O)(=O)NCc1cccc(CNc2nc(Nc3cnn(CC(N)=O)c3)ncc2Cl)c1. The molecule has 3 aromatic rings. The summed E-state index contributed by atoms with van der Waals surface area (Å²) >= 11 is 6.20. The van der Waals surface area contributed by atoms with E-state index in [0.717, 1.165) is 17.4 Å². The van der Waals surface area contributed by atoms with Crippen LogP contribution in [0.5, 0.6) is 0 Å². The van der Waals surface area contributed by atoms with Gasteiger partial charge in [0.25, 0.3) is 0 Å². The van der Waals surface area contributed by atoms with E-state index in [2.05, 4.69) is 30.4 Å². The van der Waals surface area contributed by atoms with Crippen molar-refractivity contribution in [3.05, 3.63) is 59.0 Å². The minimum atomic E-state index is -3.27. The number of carbonyl (C=O) groups is 1.